The maximum atomic E-state index is 12.6. The summed E-state index contributed by atoms with van der Waals surface area (Å²) in [5.41, 5.74) is 1.64. The Hall–Kier alpha value is -2.93. The molecule has 2 amide bonds. The minimum Gasteiger partial charge on any atom is -0.495 e. The van der Waals surface area contributed by atoms with Gasteiger partial charge in [0.1, 0.15) is 12.3 Å². The Morgan fingerprint density at radius 1 is 1.07 bits per heavy atom. The minimum absolute atomic E-state index is 0.0891. The first kappa shape index (κ1) is 21.8. The summed E-state index contributed by atoms with van der Waals surface area (Å²) in [7, 11) is 1.58. The molecule has 158 valence electrons. The fraction of sp³-hybridized carbons (Fsp3) is 0.304. The summed E-state index contributed by atoms with van der Waals surface area (Å²) >= 11 is 1.46. The lowest BCUT2D eigenvalue weighted by molar-refractivity contribution is -0.131. The molecule has 3 aromatic rings. The Morgan fingerprint density at radius 3 is 2.50 bits per heavy atom. The minimum atomic E-state index is -0.111. The Morgan fingerprint density at radius 2 is 1.77 bits per heavy atom. The second kappa shape index (κ2) is 10.2. The van der Waals surface area contributed by atoms with E-state index in [-0.39, 0.29) is 24.1 Å². The molecule has 0 atom stereocenters. The summed E-state index contributed by atoms with van der Waals surface area (Å²) in [4.78, 5) is 27.9. The first-order valence-corrected chi connectivity index (χ1v) is 11.0. The van der Waals surface area contributed by atoms with E-state index in [0.29, 0.717) is 24.5 Å². The molecule has 0 aliphatic heterocycles. The summed E-state index contributed by atoms with van der Waals surface area (Å²) in [6, 6.07) is 15.3. The second-order valence-corrected chi connectivity index (χ2v) is 7.76. The number of aromatic nitrogens is 1. The lowest BCUT2D eigenvalue weighted by Gasteiger charge is -2.19. The van der Waals surface area contributed by atoms with E-state index >= 15 is 0 Å². The first-order chi connectivity index (χ1) is 14.6. The van der Waals surface area contributed by atoms with Crippen LogP contribution in [0.4, 0.5) is 5.69 Å². The van der Waals surface area contributed by atoms with E-state index in [1.54, 1.807) is 7.11 Å². The van der Waals surface area contributed by atoms with Gasteiger partial charge in [0.05, 0.1) is 18.6 Å². The molecular formula is C23H27N3O3S. The van der Waals surface area contributed by atoms with Crippen molar-refractivity contribution in [3.63, 3.8) is 0 Å². The van der Waals surface area contributed by atoms with E-state index in [1.807, 2.05) is 78.0 Å². The van der Waals surface area contributed by atoms with Gasteiger partial charge in [0.25, 0.3) is 0 Å². The topological polar surface area (TPSA) is 63.6 Å². The standard InChI is InChI=1S/C23H27N3O3S/c1-4-25(5-2)23(28)15-26-14-21(17-10-6-8-12-19(17)26)30-16-22(27)24-18-11-7-9-13-20(18)29-3/h6-14H,4-5,15-16H2,1-3H3,(H,24,27). The van der Waals surface area contributed by atoms with E-state index in [1.165, 1.54) is 11.8 Å². The van der Waals surface area contributed by atoms with E-state index < -0.39 is 0 Å². The average molecular weight is 426 g/mol. The van der Waals surface area contributed by atoms with Gasteiger partial charge in [0.15, 0.2) is 0 Å². The van der Waals surface area contributed by atoms with Crippen molar-refractivity contribution in [1.82, 2.24) is 9.47 Å². The van der Waals surface area contributed by atoms with Gasteiger partial charge in [-0.3, -0.25) is 9.59 Å². The Balaban J connectivity index is 1.73. The molecule has 0 fully saturated rings. The smallest absolute Gasteiger partial charge is 0.242 e. The highest BCUT2D eigenvalue weighted by atomic mass is 32.2. The molecule has 0 saturated heterocycles. The van der Waals surface area contributed by atoms with Gasteiger partial charge in [-0.15, -0.1) is 11.8 Å². The predicted octanol–water partition coefficient (Wildman–Crippen LogP) is 4.25. The lowest BCUT2D eigenvalue weighted by atomic mass is 10.2. The zero-order chi connectivity index (χ0) is 21.5. The van der Waals surface area contributed by atoms with Crippen LogP contribution < -0.4 is 10.1 Å². The number of carbonyl (C=O) groups excluding carboxylic acids is 2. The fourth-order valence-electron chi connectivity index (χ4n) is 3.36. The molecule has 0 bridgehead atoms. The maximum absolute atomic E-state index is 12.6. The van der Waals surface area contributed by atoms with Gasteiger partial charge < -0.3 is 19.5 Å². The molecule has 0 unspecified atom stereocenters. The number of fused-ring (bicyclic) bond motifs is 1. The van der Waals surface area contributed by atoms with Gasteiger partial charge in [-0.1, -0.05) is 30.3 Å². The fourth-order valence-corrected chi connectivity index (χ4v) is 4.25. The van der Waals surface area contributed by atoms with Crippen LogP contribution in [0, 0.1) is 0 Å². The van der Waals surface area contributed by atoms with Crippen molar-refractivity contribution in [1.29, 1.82) is 0 Å². The van der Waals surface area contributed by atoms with Crippen LogP contribution in [0.15, 0.2) is 59.6 Å². The third-order valence-electron chi connectivity index (χ3n) is 4.91. The quantitative estimate of drug-likeness (QED) is 0.521. The van der Waals surface area contributed by atoms with Crippen molar-refractivity contribution >= 4 is 40.2 Å². The molecule has 0 spiro atoms. The number of nitrogens with zero attached hydrogens (tertiary/aromatic N) is 2. The number of ether oxygens (including phenoxy) is 1. The van der Waals surface area contributed by atoms with Crippen LogP contribution in [0.3, 0.4) is 0 Å². The van der Waals surface area contributed by atoms with Gasteiger partial charge in [-0.2, -0.15) is 0 Å². The molecule has 30 heavy (non-hydrogen) atoms. The number of para-hydroxylation sites is 3. The monoisotopic (exact) mass is 425 g/mol. The normalized spacial score (nSPS) is 10.8. The number of amides is 2. The number of benzene rings is 2. The van der Waals surface area contributed by atoms with Gasteiger partial charge in [-0.05, 0) is 32.0 Å². The van der Waals surface area contributed by atoms with Crippen molar-refractivity contribution in [3.05, 3.63) is 54.7 Å². The van der Waals surface area contributed by atoms with E-state index in [0.717, 1.165) is 15.8 Å². The summed E-state index contributed by atoms with van der Waals surface area (Å²) in [6.45, 7) is 5.64. The van der Waals surface area contributed by atoms with Crippen LogP contribution in [0.25, 0.3) is 10.9 Å². The second-order valence-electron chi connectivity index (χ2n) is 6.74. The number of anilines is 1. The predicted molar refractivity (Wildman–Crippen MR) is 122 cm³/mol. The highest BCUT2D eigenvalue weighted by Crippen LogP contribution is 2.30. The SMILES string of the molecule is CCN(CC)C(=O)Cn1cc(SCC(=O)Nc2ccccc2OC)c2ccccc21. The Kier molecular flexibility index (Phi) is 7.41. The molecule has 3 rings (SSSR count). The highest BCUT2D eigenvalue weighted by molar-refractivity contribution is 8.00. The number of likely N-dealkylation sites (N-methyl/N-ethyl adjacent to an activating group) is 1. The van der Waals surface area contributed by atoms with Crippen molar-refractivity contribution in [2.75, 3.05) is 31.3 Å². The molecular weight excluding hydrogens is 398 g/mol. The number of methoxy groups -OCH3 is 1. The van der Waals surface area contributed by atoms with Crippen molar-refractivity contribution in [2.45, 2.75) is 25.3 Å². The molecule has 1 heterocycles. The largest absolute Gasteiger partial charge is 0.495 e. The number of rotatable bonds is 9. The Labute approximate surface area is 181 Å². The van der Waals surface area contributed by atoms with E-state index in [2.05, 4.69) is 5.32 Å². The van der Waals surface area contributed by atoms with Crippen LogP contribution >= 0.6 is 11.8 Å². The zero-order valence-electron chi connectivity index (χ0n) is 17.6. The van der Waals surface area contributed by atoms with Crippen LogP contribution in [-0.2, 0) is 16.1 Å². The molecule has 1 aromatic heterocycles. The lowest BCUT2D eigenvalue weighted by Crippen LogP contribution is -2.33. The number of thioether (sulfide) groups is 1. The van der Waals surface area contributed by atoms with Crippen LogP contribution in [0.1, 0.15) is 13.8 Å². The molecule has 0 aliphatic carbocycles. The molecule has 1 N–H and O–H groups in total. The van der Waals surface area contributed by atoms with Gasteiger partial charge in [-0.25, -0.2) is 0 Å². The highest BCUT2D eigenvalue weighted by Gasteiger charge is 2.15. The number of carbonyl (C=O) groups is 2. The summed E-state index contributed by atoms with van der Waals surface area (Å²) in [5.74, 6) is 0.866. The van der Waals surface area contributed by atoms with Gasteiger partial charge >= 0.3 is 0 Å². The molecule has 0 radical (unpaired) electrons. The number of hydrogen-bond donors (Lipinski definition) is 1. The first-order valence-electron chi connectivity index (χ1n) is 9.98. The van der Waals surface area contributed by atoms with Crippen molar-refractivity contribution in [3.8, 4) is 5.75 Å². The van der Waals surface area contributed by atoms with Crippen LogP contribution in [0.2, 0.25) is 0 Å². The van der Waals surface area contributed by atoms with Gasteiger partial charge in [0, 0.05) is 35.1 Å². The summed E-state index contributed by atoms with van der Waals surface area (Å²) in [5, 5.41) is 3.94. The molecule has 6 nitrogen and oxygen atoms in total. The number of hydrogen-bond acceptors (Lipinski definition) is 4. The van der Waals surface area contributed by atoms with Crippen molar-refractivity contribution in [2.24, 2.45) is 0 Å². The third kappa shape index (κ3) is 4.97. The zero-order valence-corrected chi connectivity index (χ0v) is 18.4. The van der Waals surface area contributed by atoms with Crippen LogP contribution in [-0.4, -0.2) is 47.2 Å². The van der Waals surface area contributed by atoms with E-state index in [4.69, 9.17) is 4.74 Å². The molecule has 2 aromatic carbocycles. The molecule has 0 aliphatic rings. The summed E-state index contributed by atoms with van der Waals surface area (Å²) in [6.07, 6.45) is 1.97. The van der Waals surface area contributed by atoms with E-state index in [9.17, 15) is 9.59 Å². The number of nitrogens with one attached hydrogen (secondary N) is 1. The molecule has 0 saturated carbocycles. The molecule has 7 heteroatoms. The van der Waals surface area contributed by atoms with Gasteiger partial charge in [0.2, 0.25) is 11.8 Å². The third-order valence-corrected chi connectivity index (χ3v) is 5.96. The summed E-state index contributed by atoms with van der Waals surface area (Å²) < 4.78 is 7.25. The Bertz CT molecular complexity index is 1030. The maximum Gasteiger partial charge on any atom is 0.242 e. The van der Waals surface area contributed by atoms with Crippen LogP contribution in [0.5, 0.6) is 5.75 Å². The average Bonchev–Trinajstić information content (AvgIpc) is 3.11. The van der Waals surface area contributed by atoms with Crippen molar-refractivity contribution < 1.29 is 14.3 Å².